The molecule has 0 radical (unpaired) electrons. The molecule has 0 spiro atoms. The minimum atomic E-state index is -0.496. The molecule has 0 aliphatic rings. The van der Waals surface area contributed by atoms with Gasteiger partial charge in [0, 0.05) is 5.69 Å². The Balaban J connectivity index is 2.28. The van der Waals surface area contributed by atoms with E-state index in [2.05, 4.69) is 19.2 Å². The Hall–Kier alpha value is -2.16. The van der Waals surface area contributed by atoms with E-state index < -0.39 is 11.7 Å². The molecule has 3 heteroatoms. The molecule has 0 bridgehead atoms. The summed E-state index contributed by atoms with van der Waals surface area (Å²) in [5.41, 5.74) is 2.62. The van der Waals surface area contributed by atoms with Gasteiger partial charge >= 0.3 is 0 Å². The molecule has 0 aliphatic carbocycles. The number of benzene rings is 2. The minimum Gasteiger partial charge on any atom is -0.322 e. The predicted octanol–water partition coefficient (Wildman–Crippen LogP) is 4.51. The molecule has 2 rings (SSSR count). The van der Waals surface area contributed by atoms with Crippen LogP contribution in [0.4, 0.5) is 10.1 Å². The Labute approximate surface area is 118 Å². The van der Waals surface area contributed by atoms with Gasteiger partial charge in [0.15, 0.2) is 0 Å². The number of para-hydroxylation sites is 1. The van der Waals surface area contributed by atoms with Crippen molar-refractivity contribution in [3.8, 4) is 0 Å². The number of nitrogens with one attached hydrogen (secondary N) is 1. The molecular weight excluding hydrogens is 253 g/mol. The summed E-state index contributed by atoms with van der Waals surface area (Å²) in [6.07, 6.45) is 0. The highest BCUT2D eigenvalue weighted by molar-refractivity contribution is 6.04. The topological polar surface area (TPSA) is 29.1 Å². The Morgan fingerprint density at radius 2 is 1.85 bits per heavy atom. The summed E-state index contributed by atoms with van der Waals surface area (Å²) in [7, 11) is 0. The molecule has 2 nitrogen and oxygen atoms in total. The van der Waals surface area contributed by atoms with Gasteiger partial charge in [0.1, 0.15) is 5.82 Å². The number of hydrogen-bond acceptors (Lipinski definition) is 1. The highest BCUT2D eigenvalue weighted by Gasteiger charge is 2.14. The van der Waals surface area contributed by atoms with Crippen LogP contribution >= 0.6 is 0 Å². The lowest BCUT2D eigenvalue weighted by Crippen LogP contribution is -2.15. The molecule has 2 aromatic carbocycles. The molecule has 0 fully saturated rings. The lowest BCUT2D eigenvalue weighted by atomic mass is 10.0. The third-order valence-corrected chi connectivity index (χ3v) is 3.20. The van der Waals surface area contributed by atoms with Crippen molar-refractivity contribution in [3.63, 3.8) is 0 Å². The Bertz CT molecular complexity index is 635. The first kappa shape index (κ1) is 14.3. The van der Waals surface area contributed by atoms with Gasteiger partial charge in [0.05, 0.1) is 5.56 Å². The van der Waals surface area contributed by atoms with Crippen molar-refractivity contribution in [1.82, 2.24) is 0 Å². The van der Waals surface area contributed by atoms with E-state index in [4.69, 9.17) is 0 Å². The summed E-state index contributed by atoms with van der Waals surface area (Å²) in [5, 5.41) is 2.79. The summed E-state index contributed by atoms with van der Waals surface area (Å²) in [6, 6.07) is 12.2. The van der Waals surface area contributed by atoms with Gasteiger partial charge < -0.3 is 5.32 Å². The van der Waals surface area contributed by atoms with Gasteiger partial charge in [-0.1, -0.05) is 38.1 Å². The molecule has 0 atom stereocenters. The largest absolute Gasteiger partial charge is 0.322 e. The van der Waals surface area contributed by atoms with Crippen molar-refractivity contribution in [2.75, 3.05) is 5.32 Å². The van der Waals surface area contributed by atoms with Gasteiger partial charge in [-0.15, -0.1) is 0 Å². The average Bonchev–Trinajstić information content (AvgIpc) is 2.38. The number of hydrogen-bond donors (Lipinski definition) is 1. The first-order valence-electron chi connectivity index (χ1n) is 6.65. The summed E-state index contributed by atoms with van der Waals surface area (Å²) in [4.78, 5) is 12.2. The number of amides is 1. The summed E-state index contributed by atoms with van der Waals surface area (Å²) in [6.45, 7) is 5.90. The summed E-state index contributed by atoms with van der Waals surface area (Å²) < 4.78 is 13.8. The maximum atomic E-state index is 13.8. The smallest absolute Gasteiger partial charge is 0.258 e. The van der Waals surface area contributed by atoms with Crippen LogP contribution in [0.1, 0.15) is 41.3 Å². The minimum absolute atomic E-state index is 0.0640. The van der Waals surface area contributed by atoms with Crippen LogP contribution in [0.2, 0.25) is 0 Å². The van der Waals surface area contributed by atoms with Crippen LogP contribution in [0.25, 0.3) is 0 Å². The fourth-order valence-electron chi connectivity index (χ4n) is 2.11. The van der Waals surface area contributed by atoms with Gasteiger partial charge in [-0.25, -0.2) is 4.39 Å². The normalized spacial score (nSPS) is 10.7. The Morgan fingerprint density at radius 1 is 1.15 bits per heavy atom. The van der Waals surface area contributed by atoms with Crippen molar-refractivity contribution in [2.45, 2.75) is 26.7 Å². The maximum absolute atomic E-state index is 13.8. The highest BCUT2D eigenvalue weighted by Crippen LogP contribution is 2.24. The molecule has 0 unspecified atom stereocenters. The zero-order chi connectivity index (χ0) is 14.7. The van der Waals surface area contributed by atoms with Crippen LogP contribution in [0, 0.1) is 12.7 Å². The number of carbonyl (C=O) groups excluding carboxylic acids is 1. The monoisotopic (exact) mass is 271 g/mol. The van der Waals surface area contributed by atoms with Crippen LogP contribution in [0.15, 0.2) is 42.5 Å². The fraction of sp³-hybridized carbons (Fsp3) is 0.235. The predicted molar refractivity (Wildman–Crippen MR) is 79.6 cm³/mol. The second-order valence-electron chi connectivity index (χ2n) is 5.18. The van der Waals surface area contributed by atoms with Gasteiger partial charge in [0.25, 0.3) is 5.91 Å². The summed E-state index contributed by atoms with van der Waals surface area (Å²) >= 11 is 0. The van der Waals surface area contributed by atoms with E-state index in [-0.39, 0.29) is 11.5 Å². The van der Waals surface area contributed by atoms with Crippen LogP contribution in [-0.4, -0.2) is 5.91 Å². The van der Waals surface area contributed by atoms with Crippen molar-refractivity contribution in [2.24, 2.45) is 0 Å². The van der Waals surface area contributed by atoms with E-state index in [0.717, 1.165) is 16.8 Å². The van der Waals surface area contributed by atoms with Crippen molar-refractivity contribution in [1.29, 1.82) is 0 Å². The first-order chi connectivity index (χ1) is 9.49. The third-order valence-electron chi connectivity index (χ3n) is 3.20. The van der Waals surface area contributed by atoms with E-state index in [9.17, 15) is 9.18 Å². The fourth-order valence-corrected chi connectivity index (χ4v) is 2.11. The summed E-state index contributed by atoms with van der Waals surface area (Å²) in [5.74, 6) is -0.630. The molecule has 1 amide bonds. The Morgan fingerprint density at radius 3 is 2.50 bits per heavy atom. The van der Waals surface area contributed by atoms with Crippen molar-refractivity contribution >= 4 is 11.6 Å². The van der Waals surface area contributed by atoms with E-state index in [1.54, 1.807) is 13.0 Å². The van der Waals surface area contributed by atoms with E-state index >= 15 is 0 Å². The molecule has 0 saturated heterocycles. The number of anilines is 1. The average molecular weight is 271 g/mol. The van der Waals surface area contributed by atoms with E-state index in [0.29, 0.717) is 0 Å². The zero-order valence-corrected chi connectivity index (χ0v) is 11.9. The lowest BCUT2D eigenvalue weighted by Gasteiger charge is -2.14. The maximum Gasteiger partial charge on any atom is 0.258 e. The quantitative estimate of drug-likeness (QED) is 0.874. The second-order valence-corrected chi connectivity index (χ2v) is 5.18. The lowest BCUT2D eigenvalue weighted by molar-refractivity contribution is 0.102. The Kier molecular flexibility index (Phi) is 4.18. The highest BCUT2D eigenvalue weighted by atomic mass is 19.1. The number of halogens is 1. The molecule has 104 valence electrons. The van der Waals surface area contributed by atoms with Crippen LogP contribution in [0.3, 0.4) is 0 Å². The van der Waals surface area contributed by atoms with E-state index in [1.807, 2.05) is 24.3 Å². The first-order valence-corrected chi connectivity index (χ1v) is 6.65. The number of rotatable bonds is 3. The van der Waals surface area contributed by atoms with Gasteiger partial charge in [-0.2, -0.15) is 0 Å². The van der Waals surface area contributed by atoms with Crippen LogP contribution in [-0.2, 0) is 0 Å². The molecular formula is C17H18FNO. The third kappa shape index (κ3) is 3.05. The number of aryl methyl sites for hydroxylation is 1. The van der Waals surface area contributed by atoms with Crippen LogP contribution in [0.5, 0.6) is 0 Å². The second kappa shape index (κ2) is 5.87. The van der Waals surface area contributed by atoms with Gasteiger partial charge in [-0.3, -0.25) is 4.79 Å². The van der Waals surface area contributed by atoms with Gasteiger partial charge in [0.2, 0.25) is 0 Å². The van der Waals surface area contributed by atoms with Crippen LogP contribution < -0.4 is 5.32 Å². The zero-order valence-electron chi connectivity index (χ0n) is 11.9. The molecule has 20 heavy (non-hydrogen) atoms. The SMILES string of the molecule is Cc1ccc(C(=O)Nc2ccccc2C(C)C)c(F)c1. The molecule has 0 heterocycles. The molecule has 1 N–H and O–H groups in total. The van der Waals surface area contributed by atoms with Gasteiger partial charge in [-0.05, 0) is 42.2 Å². The molecule has 0 aliphatic heterocycles. The van der Waals surface area contributed by atoms with Crippen molar-refractivity contribution < 1.29 is 9.18 Å². The van der Waals surface area contributed by atoms with E-state index in [1.165, 1.54) is 12.1 Å². The molecule has 0 saturated carbocycles. The molecule has 2 aromatic rings. The number of carbonyl (C=O) groups is 1. The standard InChI is InChI=1S/C17H18FNO/c1-11(2)13-6-4-5-7-16(13)19-17(20)14-9-8-12(3)10-15(14)18/h4-11H,1-3H3,(H,19,20). The molecule has 0 aromatic heterocycles. The van der Waals surface area contributed by atoms with Crippen molar-refractivity contribution in [3.05, 3.63) is 65.0 Å².